The molecule has 0 aliphatic heterocycles. The number of anilines is 1. The van der Waals surface area contributed by atoms with Crippen LogP contribution in [-0.4, -0.2) is 26.2 Å². The van der Waals surface area contributed by atoms with Crippen molar-refractivity contribution in [2.45, 2.75) is 13.0 Å². The molecule has 0 aliphatic rings. The largest absolute Gasteiger partial charge is 0.493 e. The lowest BCUT2D eigenvalue weighted by molar-refractivity contribution is -0.122. The molecule has 24 heavy (non-hydrogen) atoms. The molecule has 0 spiro atoms. The van der Waals surface area contributed by atoms with E-state index in [4.69, 9.17) is 14.2 Å². The molecule has 0 saturated heterocycles. The summed E-state index contributed by atoms with van der Waals surface area (Å²) in [6, 6.07) is 10.6. The van der Waals surface area contributed by atoms with E-state index in [-0.39, 0.29) is 5.91 Å². The SMILES string of the molecule is COc1ccc(NC(=O)C(C)Oc2ccc(Br)cc2Br)cc1OC. The maximum Gasteiger partial charge on any atom is 0.265 e. The summed E-state index contributed by atoms with van der Waals surface area (Å²) in [5, 5.41) is 2.79. The van der Waals surface area contributed by atoms with Crippen LogP contribution in [0, 0.1) is 0 Å². The van der Waals surface area contributed by atoms with E-state index in [1.54, 1.807) is 45.4 Å². The summed E-state index contributed by atoms with van der Waals surface area (Å²) in [7, 11) is 3.10. The maximum atomic E-state index is 12.3. The Morgan fingerprint density at radius 1 is 1.00 bits per heavy atom. The first-order valence-electron chi connectivity index (χ1n) is 7.09. The van der Waals surface area contributed by atoms with Gasteiger partial charge in [-0.2, -0.15) is 0 Å². The Morgan fingerprint density at radius 3 is 2.29 bits per heavy atom. The van der Waals surface area contributed by atoms with Gasteiger partial charge in [-0.1, -0.05) is 15.9 Å². The fourth-order valence-corrected chi connectivity index (χ4v) is 3.11. The van der Waals surface area contributed by atoms with Gasteiger partial charge in [0.15, 0.2) is 17.6 Å². The Bertz CT molecular complexity index is 737. The van der Waals surface area contributed by atoms with Gasteiger partial charge in [0.25, 0.3) is 5.91 Å². The smallest absolute Gasteiger partial charge is 0.265 e. The molecule has 2 rings (SSSR count). The normalized spacial score (nSPS) is 11.5. The second-order valence-corrected chi connectivity index (χ2v) is 6.66. The first-order valence-corrected chi connectivity index (χ1v) is 8.67. The highest BCUT2D eigenvalue weighted by Gasteiger charge is 2.17. The Kier molecular flexibility index (Phi) is 6.51. The molecule has 1 atom stereocenters. The van der Waals surface area contributed by atoms with Crippen molar-refractivity contribution < 1.29 is 19.0 Å². The number of halogens is 2. The highest BCUT2D eigenvalue weighted by molar-refractivity contribution is 9.11. The molecular formula is C17H17Br2NO4. The number of ether oxygens (including phenoxy) is 3. The molecular weight excluding hydrogens is 442 g/mol. The minimum atomic E-state index is -0.671. The van der Waals surface area contributed by atoms with E-state index in [9.17, 15) is 4.79 Å². The number of carbonyl (C=O) groups excluding carboxylic acids is 1. The quantitative estimate of drug-likeness (QED) is 0.685. The van der Waals surface area contributed by atoms with Gasteiger partial charge in [-0.3, -0.25) is 4.79 Å². The summed E-state index contributed by atoms with van der Waals surface area (Å²) in [5.74, 6) is 1.46. The van der Waals surface area contributed by atoms with Gasteiger partial charge in [0, 0.05) is 16.2 Å². The fourth-order valence-electron chi connectivity index (χ4n) is 1.97. The van der Waals surface area contributed by atoms with Crippen LogP contribution in [0.5, 0.6) is 17.2 Å². The highest BCUT2D eigenvalue weighted by atomic mass is 79.9. The Balaban J connectivity index is 2.06. The molecule has 7 heteroatoms. The summed E-state index contributed by atoms with van der Waals surface area (Å²) in [6.07, 6.45) is -0.671. The number of nitrogens with one attached hydrogen (secondary N) is 1. The van der Waals surface area contributed by atoms with Crippen molar-refractivity contribution in [3.05, 3.63) is 45.3 Å². The lowest BCUT2D eigenvalue weighted by atomic mass is 10.2. The van der Waals surface area contributed by atoms with Crippen LogP contribution in [0.1, 0.15) is 6.92 Å². The number of methoxy groups -OCH3 is 2. The van der Waals surface area contributed by atoms with Crippen LogP contribution >= 0.6 is 31.9 Å². The lowest BCUT2D eigenvalue weighted by Gasteiger charge is -2.16. The molecule has 0 aliphatic carbocycles. The number of amides is 1. The van der Waals surface area contributed by atoms with Gasteiger partial charge < -0.3 is 19.5 Å². The van der Waals surface area contributed by atoms with Crippen LogP contribution < -0.4 is 19.5 Å². The predicted octanol–water partition coefficient (Wildman–Crippen LogP) is 4.63. The van der Waals surface area contributed by atoms with Gasteiger partial charge in [0.05, 0.1) is 18.7 Å². The molecule has 1 N–H and O–H groups in total. The van der Waals surface area contributed by atoms with Gasteiger partial charge in [-0.15, -0.1) is 0 Å². The Labute approximate surface area is 157 Å². The third-order valence-electron chi connectivity index (χ3n) is 3.22. The lowest BCUT2D eigenvalue weighted by Crippen LogP contribution is -2.30. The van der Waals surface area contributed by atoms with E-state index < -0.39 is 6.10 Å². The third-order valence-corrected chi connectivity index (χ3v) is 4.33. The summed E-state index contributed by atoms with van der Waals surface area (Å²) < 4.78 is 17.8. The number of rotatable bonds is 6. The molecule has 2 aromatic carbocycles. The van der Waals surface area contributed by atoms with Crippen molar-refractivity contribution in [2.24, 2.45) is 0 Å². The minimum absolute atomic E-state index is 0.267. The molecule has 0 radical (unpaired) electrons. The molecule has 128 valence electrons. The molecule has 0 aromatic heterocycles. The Hall–Kier alpha value is -1.73. The first-order chi connectivity index (χ1) is 11.4. The van der Waals surface area contributed by atoms with Crippen LogP contribution in [-0.2, 0) is 4.79 Å². The van der Waals surface area contributed by atoms with Gasteiger partial charge in [-0.25, -0.2) is 0 Å². The molecule has 0 bridgehead atoms. The second kappa shape index (κ2) is 8.39. The number of benzene rings is 2. The van der Waals surface area contributed by atoms with E-state index in [1.807, 2.05) is 12.1 Å². The second-order valence-electron chi connectivity index (χ2n) is 4.89. The zero-order valence-corrected chi connectivity index (χ0v) is 16.6. The van der Waals surface area contributed by atoms with Crippen molar-refractivity contribution in [3.63, 3.8) is 0 Å². The zero-order valence-electron chi connectivity index (χ0n) is 13.4. The summed E-state index contributed by atoms with van der Waals surface area (Å²) in [4.78, 5) is 12.3. The van der Waals surface area contributed by atoms with Crippen molar-refractivity contribution >= 4 is 43.5 Å². The molecule has 0 heterocycles. The molecule has 2 aromatic rings. The average molecular weight is 459 g/mol. The van der Waals surface area contributed by atoms with E-state index in [1.165, 1.54) is 0 Å². The van der Waals surface area contributed by atoms with Crippen LogP contribution in [0.25, 0.3) is 0 Å². The van der Waals surface area contributed by atoms with Crippen molar-refractivity contribution in [3.8, 4) is 17.2 Å². The van der Waals surface area contributed by atoms with E-state index in [0.717, 1.165) is 8.95 Å². The topological polar surface area (TPSA) is 56.8 Å². The number of hydrogen-bond acceptors (Lipinski definition) is 4. The molecule has 5 nitrogen and oxygen atoms in total. The van der Waals surface area contributed by atoms with Gasteiger partial charge in [0.1, 0.15) is 5.75 Å². The van der Waals surface area contributed by atoms with E-state index in [2.05, 4.69) is 37.2 Å². The highest BCUT2D eigenvalue weighted by Crippen LogP contribution is 2.31. The average Bonchev–Trinajstić information content (AvgIpc) is 2.57. The standard InChI is InChI=1S/C17H17Br2NO4/c1-10(24-14-6-4-11(18)8-13(14)19)17(21)20-12-5-7-15(22-2)16(9-12)23-3/h4-10H,1-3H3,(H,20,21). The van der Waals surface area contributed by atoms with Crippen molar-refractivity contribution in [2.75, 3.05) is 19.5 Å². The first kappa shape index (κ1) is 18.6. The monoisotopic (exact) mass is 457 g/mol. The number of hydrogen-bond donors (Lipinski definition) is 1. The van der Waals surface area contributed by atoms with E-state index >= 15 is 0 Å². The molecule has 0 fully saturated rings. The van der Waals surface area contributed by atoms with Crippen LogP contribution in [0.4, 0.5) is 5.69 Å². The van der Waals surface area contributed by atoms with Crippen LogP contribution in [0.2, 0.25) is 0 Å². The van der Waals surface area contributed by atoms with Crippen LogP contribution in [0.3, 0.4) is 0 Å². The fraction of sp³-hybridized carbons (Fsp3) is 0.235. The van der Waals surface area contributed by atoms with Gasteiger partial charge >= 0.3 is 0 Å². The third kappa shape index (κ3) is 4.64. The van der Waals surface area contributed by atoms with Gasteiger partial charge in [-0.05, 0) is 53.2 Å². The molecule has 1 amide bonds. The maximum absolute atomic E-state index is 12.3. The van der Waals surface area contributed by atoms with Crippen molar-refractivity contribution in [1.82, 2.24) is 0 Å². The zero-order chi connectivity index (χ0) is 17.7. The summed E-state index contributed by atoms with van der Waals surface area (Å²) in [6.45, 7) is 1.69. The Morgan fingerprint density at radius 2 is 1.67 bits per heavy atom. The minimum Gasteiger partial charge on any atom is -0.493 e. The number of carbonyl (C=O) groups is 1. The molecule has 1 unspecified atom stereocenters. The molecule has 0 saturated carbocycles. The summed E-state index contributed by atoms with van der Waals surface area (Å²) >= 11 is 6.78. The van der Waals surface area contributed by atoms with Gasteiger partial charge in [0.2, 0.25) is 0 Å². The summed E-state index contributed by atoms with van der Waals surface area (Å²) in [5.41, 5.74) is 0.600. The predicted molar refractivity (Wildman–Crippen MR) is 100 cm³/mol. The van der Waals surface area contributed by atoms with Crippen LogP contribution in [0.15, 0.2) is 45.3 Å². The van der Waals surface area contributed by atoms with Crippen molar-refractivity contribution in [1.29, 1.82) is 0 Å². The van der Waals surface area contributed by atoms with E-state index in [0.29, 0.717) is 22.9 Å².